The van der Waals surface area contributed by atoms with E-state index in [0.29, 0.717) is 4.91 Å². The van der Waals surface area contributed by atoms with Crippen molar-refractivity contribution in [2.24, 2.45) is 5.73 Å². The van der Waals surface area contributed by atoms with Crippen LogP contribution in [0.1, 0.15) is 6.92 Å². The molecule has 0 heterocycles. The summed E-state index contributed by atoms with van der Waals surface area (Å²) in [7, 11) is 0. The summed E-state index contributed by atoms with van der Waals surface area (Å²) < 4.78 is 0. The fraction of sp³-hybridized carbons (Fsp3) is 0.222. The van der Waals surface area contributed by atoms with Gasteiger partial charge in [-0.15, -0.1) is 11.8 Å². The second kappa shape index (κ2) is 5.48. The number of hydrogen-bond acceptors (Lipinski definition) is 3. The van der Waals surface area contributed by atoms with Crippen LogP contribution in [0.25, 0.3) is 0 Å². The highest BCUT2D eigenvalue weighted by Gasteiger charge is 2.03. The standard InChI is InChI=1S/C9H13NO2S/c1-4-8(13-3)7(11)5-6(2)9(10)12/h4-5,11H,2H2,1,3H3,(H2,10,12)/b7-5+,8-4+. The van der Waals surface area contributed by atoms with Gasteiger partial charge in [-0.1, -0.05) is 12.7 Å². The maximum Gasteiger partial charge on any atom is 0.248 e. The third-order valence-electron chi connectivity index (χ3n) is 1.36. The van der Waals surface area contributed by atoms with E-state index in [1.165, 1.54) is 17.8 Å². The molecule has 0 aromatic heterocycles. The SMILES string of the molecule is C=C(/C=C(O)\C(=C/C)SC)C(N)=O. The first kappa shape index (κ1) is 11.8. The van der Waals surface area contributed by atoms with Crippen molar-refractivity contribution >= 4 is 17.7 Å². The largest absolute Gasteiger partial charge is 0.507 e. The van der Waals surface area contributed by atoms with Crippen LogP contribution < -0.4 is 5.73 Å². The number of primary amides is 1. The molecule has 0 aromatic rings. The highest BCUT2D eigenvalue weighted by Crippen LogP contribution is 2.19. The number of carbonyl (C=O) groups is 1. The Morgan fingerprint density at radius 1 is 1.62 bits per heavy atom. The molecule has 72 valence electrons. The van der Waals surface area contributed by atoms with E-state index in [1.54, 1.807) is 13.0 Å². The molecule has 0 saturated carbocycles. The summed E-state index contributed by atoms with van der Waals surface area (Å²) in [5.74, 6) is -0.623. The molecule has 3 N–H and O–H groups in total. The average Bonchev–Trinajstić information content (AvgIpc) is 2.06. The molecule has 0 radical (unpaired) electrons. The van der Waals surface area contributed by atoms with Gasteiger partial charge in [-0.25, -0.2) is 0 Å². The van der Waals surface area contributed by atoms with Crippen LogP contribution in [0.15, 0.2) is 35.0 Å². The van der Waals surface area contributed by atoms with Crippen LogP contribution in [-0.2, 0) is 4.79 Å². The molecule has 0 atom stereocenters. The Hall–Kier alpha value is -1.16. The predicted octanol–water partition coefficient (Wildman–Crippen LogP) is 1.74. The lowest BCUT2D eigenvalue weighted by Crippen LogP contribution is -2.11. The lowest BCUT2D eigenvalue weighted by Gasteiger charge is -2.01. The highest BCUT2D eigenvalue weighted by molar-refractivity contribution is 8.02. The van der Waals surface area contributed by atoms with Gasteiger partial charge in [0, 0.05) is 10.5 Å². The van der Waals surface area contributed by atoms with Gasteiger partial charge in [0.2, 0.25) is 5.91 Å². The van der Waals surface area contributed by atoms with Crippen LogP contribution in [-0.4, -0.2) is 17.3 Å². The maximum atomic E-state index is 10.6. The molecule has 0 spiro atoms. The molecule has 0 aliphatic heterocycles. The number of amides is 1. The Balaban J connectivity index is 4.67. The zero-order valence-corrected chi connectivity index (χ0v) is 8.52. The van der Waals surface area contributed by atoms with Gasteiger partial charge in [0.25, 0.3) is 0 Å². The lowest BCUT2D eigenvalue weighted by molar-refractivity contribution is -0.114. The molecule has 0 bridgehead atoms. The van der Waals surface area contributed by atoms with E-state index in [2.05, 4.69) is 6.58 Å². The van der Waals surface area contributed by atoms with E-state index in [9.17, 15) is 9.90 Å². The van der Waals surface area contributed by atoms with Gasteiger partial charge in [-0.2, -0.15) is 0 Å². The molecule has 1 amide bonds. The van der Waals surface area contributed by atoms with Crippen molar-refractivity contribution in [3.63, 3.8) is 0 Å². The summed E-state index contributed by atoms with van der Waals surface area (Å²) in [5, 5.41) is 9.43. The summed E-state index contributed by atoms with van der Waals surface area (Å²) in [6.07, 6.45) is 4.82. The van der Waals surface area contributed by atoms with Gasteiger partial charge < -0.3 is 10.8 Å². The van der Waals surface area contributed by atoms with Crippen molar-refractivity contribution in [3.05, 3.63) is 35.0 Å². The normalized spacial score (nSPS) is 12.8. The number of thioether (sulfide) groups is 1. The zero-order chi connectivity index (χ0) is 10.4. The van der Waals surface area contributed by atoms with Gasteiger partial charge in [0.15, 0.2) is 0 Å². The average molecular weight is 199 g/mol. The minimum atomic E-state index is -0.636. The molecule has 0 rings (SSSR count). The molecule has 0 aliphatic carbocycles. The molecule has 3 nitrogen and oxygen atoms in total. The summed E-state index contributed by atoms with van der Waals surface area (Å²) >= 11 is 1.38. The van der Waals surface area contributed by atoms with Crippen molar-refractivity contribution in [3.8, 4) is 0 Å². The van der Waals surface area contributed by atoms with Gasteiger partial charge in [0.05, 0.1) is 0 Å². The second-order valence-corrected chi connectivity index (χ2v) is 3.12. The molecule has 0 aromatic carbocycles. The van der Waals surface area contributed by atoms with E-state index >= 15 is 0 Å². The van der Waals surface area contributed by atoms with E-state index < -0.39 is 5.91 Å². The Bertz CT molecular complexity index is 279. The summed E-state index contributed by atoms with van der Waals surface area (Å²) in [4.78, 5) is 11.3. The van der Waals surface area contributed by atoms with Crippen LogP contribution in [0, 0.1) is 0 Å². The van der Waals surface area contributed by atoms with Crippen molar-refractivity contribution in [1.29, 1.82) is 0 Å². The third kappa shape index (κ3) is 3.85. The molecule has 0 aliphatic rings. The van der Waals surface area contributed by atoms with Crippen molar-refractivity contribution in [2.75, 3.05) is 6.26 Å². The number of allylic oxidation sites excluding steroid dienone is 1. The first-order valence-electron chi connectivity index (χ1n) is 3.63. The Morgan fingerprint density at radius 3 is 2.46 bits per heavy atom. The number of rotatable bonds is 4. The van der Waals surface area contributed by atoms with Crippen LogP contribution in [0.4, 0.5) is 0 Å². The third-order valence-corrected chi connectivity index (χ3v) is 2.25. The molecular formula is C9H13NO2S. The van der Waals surface area contributed by atoms with Crippen molar-refractivity contribution < 1.29 is 9.90 Å². The van der Waals surface area contributed by atoms with E-state index in [1.807, 2.05) is 6.26 Å². The summed E-state index contributed by atoms with van der Waals surface area (Å²) in [5.41, 5.74) is 5.04. The summed E-state index contributed by atoms with van der Waals surface area (Å²) in [6, 6.07) is 0. The number of aliphatic hydroxyl groups excluding tert-OH is 1. The zero-order valence-electron chi connectivity index (χ0n) is 7.70. The first-order valence-corrected chi connectivity index (χ1v) is 4.85. The lowest BCUT2D eigenvalue weighted by atomic mass is 10.2. The molecule has 0 unspecified atom stereocenters. The minimum absolute atomic E-state index is 0.0128. The smallest absolute Gasteiger partial charge is 0.248 e. The fourth-order valence-corrected chi connectivity index (χ4v) is 1.18. The molecule has 0 saturated heterocycles. The minimum Gasteiger partial charge on any atom is -0.507 e. The Morgan fingerprint density at radius 2 is 2.15 bits per heavy atom. The Kier molecular flexibility index (Phi) is 4.99. The topological polar surface area (TPSA) is 63.3 Å². The van der Waals surface area contributed by atoms with E-state index in [-0.39, 0.29) is 11.3 Å². The quantitative estimate of drug-likeness (QED) is 0.412. The van der Waals surface area contributed by atoms with Gasteiger partial charge in [-0.05, 0) is 19.3 Å². The van der Waals surface area contributed by atoms with Crippen LogP contribution >= 0.6 is 11.8 Å². The molecule has 13 heavy (non-hydrogen) atoms. The van der Waals surface area contributed by atoms with Gasteiger partial charge in [-0.3, -0.25) is 4.79 Å². The summed E-state index contributed by atoms with van der Waals surface area (Å²) in [6.45, 7) is 5.19. The monoisotopic (exact) mass is 199 g/mol. The highest BCUT2D eigenvalue weighted by atomic mass is 32.2. The van der Waals surface area contributed by atoms with E-state index in [4.69, 9.17) is 5.73 Å². The van der Waals surface area contributed by atoms with E-state index in [0.717, 1.165) is 0 Å². The molecule has 0 fully saturated rings. The fourth-order valence-electron chi connectivity index (χ4n) is 0.678. The number of aliphatic hydroxyl groups is 1. The molecular weight excluding hydrogens is 186 g/mol. The number of hydrogen-bond donors (Lipinski definition) is 2. The predicted molar refractivity (Wildman–Crippen MR) is 56.3 cm³/mol. The van der Waals surface area contributed by atoms with Gasteiger partial charge >= 0.3 is 0 Å². The number of carbonyl (C=O) groups excluding carboxylic acids is 1. The second-order valence-electron chi connectivity index (χ2n) is 2.28. The Labute approximate surface area is 82.0 Å². The first-order chi connectivity index (χ1) is 6.02. The van der Waals surface area contributed by atoms with Crippen LogP contribution in [0.3, 0.4) is 0 Å². The maximum absolute atomic E-state index is 10.6. The molecule has 4 heteroatoms. The van der Waals surface area contributed by atoms with Crippen molar-refractivity contribution in [2.45, 2.75) is 6.92 Å². The van der Waals surface area contributed by atoms with Crippen LogP contribution in [0.2, 0.25) is 0 Å². The van der Waals surface area contributed by atoms with Crippen molar-refractivity contribution in [1.82, 2.24) is 0 Å². The number of nitrogens with two attached hydrogens (primary N) is 1. The van der Waals surface area contributed by atoms with Gasteiger partial charge in [0.1, 0.15) is 5.76 Å². The van der Waals surface area contributed by atoms with Crippen LogP contribution in [0.5, 0.6) is 0 Å².